The summed E-state index contributed by atoms with van der Waals surface area (Å²) in [5.41, 5.74) is -0.197. The van der Waals surface area contributed by atoms with E-state index in [0.29, 0.717) is 16.7 Å². The Morgan fingerprint density at radius 2 is 2.00 bits per heavy atom. The minimum atomic E-state index is -4.34. The van der Waals surface area contributed by atoms with Crippen molar-refractivity contribution in [1.82, 2.24) is 4.98 Å². The first-order valence-electron chi connectivity index (χ1n) is 4.15. The third-order valence-electron chi connectivity index (χ3n) is 1.84. The molecule has 0 aromatic carbocycles. The minimum Gasteiger partial charge on any atom is -0.362 e. The van der Waals surface area contributed by atoms with Gasteiger partial charge in [-0.15, -0.1) is 0 Å². The average molecular weight is 283 g/mol. The Morgan fingerprint density at radius 1 is 1.40 bits per heavy atom. The molecule has 0 saturated carbocycles. The van der Waals surface area contributed by atoms with Crippen molar-refractivity contribution in [3.63, 3.8) is 0 Å². The molecule has 1 heterocycles. The Labute approximate surface area is 94.2 Å². The van der Waals surface area contributed by atoms with Crippen molar-refractivity contribution in [2.75, 3.05) is 19.0 Å². The van der Waals surface area contributed by atoms with Gasteiger partial charge in [0.2, 0.25) is 0 Å². The number of pyridine rings is 1. The van der Waals surface area contributed by atoms with Gasteiger partial charge in [0.05, 0.1) is 5.56 Å². The van der Waals surface area contributed by atoms with Crippen molar-refractivity contribution in [3.05, 3.63) is 23.4 Å². The van der Waals surface area contributed by atoms with Gasteiger partial charge < -0.3 is 4.90 Å². The van der Waals surface area contributed by atoms with Gasteiger partial charge in [0.25, 0.3) is 0 Å². The number of hydrogen-bond acceptors (Lipinski definition) is 2. The van der Waals surface area contributed by atoms with E-state index in [1.54, 1.807) is 19.0 Å². The molecule has 0 fully saturated rings. The summed E-state index contributed by atoms with van der Waals surface area (Å²) in [4.78, 5) is 5.47. The van der Waals surface area contributed by atoms with Gasteiger partial charge in [-0.3, -0.25) is 0 Å². The van der Waals surface area contributed by atoms with Crippen molar-refractivity contribution >= 4 is 21.7 Å². The van der Waals surface area contributed by atoms with Crippen molar-refractivity contribution in [1.29, 1.82) is 0 Å². The van der Waals surface area contributed by atoms with Gasteiger partial charge in [-0.25, -0.2) is 4.98 Å². The molecule has 0 atom stereocenters. The molecule has 0 bridgehead atoms. The molecule has 1 rings (SSSR count). The molecule has 1 aromatic rings. The SMILES string of the molecule is CN(C)c1ncc(C(F)(F)F)cc1CBr. The van der Waals surface area contributed by atoms with Gasteiger partial charge in [-0.05, 0) is 6.07 Å². The van der Waals surface area contributed by atoms with E-state index in [1.807, 2.05) is 0 Å². The first-order chi connectivity index (χ1) is 6.86. The largest absolute Gasteiger partial charge is 0.417 e. The maximum Gasteiger partial charge on any atom is 0.417 e. The second-order valence-electron chi connectivity index (χ2n) is 3.23. The molecule has 0 saturated heterocycles. The van der Waals surface area contributed by atoms with Crippen LogP contribution in [0.25, 0.3) is 0 Å². The normalized spacial score (nSPS) is 11.6. The topological polar surface area (TPSA) is 16.1 Å². The van der Waals surface area contributed by atoms with Crippen LogP contribution in [0.5, 0.6) is 0 Å². The maximum atomic E-state index is 12.4. The van der Waals surface area contributed by atoms with Crippen LogP contribution in [0.3, 0.4) is 0 Å². The number of aromatic nitrogens is 1. The van der Waals surface area contributed by atoms with Gasteiger partial charge in [-0.2, -0.15) is 13.2 Å². The number of hydrogen-bond donors (Lipinski definition) is 0. The van der Waals surface area contributed by atoms with Crippen molar-refractivity contribution in [3.8, 4) is 0 Å². The molecule has 0 radical (unpaired) electrons. The van der Waals surface area contributed by atoms with E-state index < -0.39 is 11.7 Å². The van der Waals surface area contributed by atoms with Gasteiger partial charge in [0, 0.05) is 31.2 Å². The lowest BCUT2D eigenvalue weighted by Gasteiger charge is -2.16. The monoisotopic (exact) mass is 282 g/mol. The molecule has 15 heavy (non-hydrogen) atoms. The molecule has 0 aliphatic heterocycles. The summed E-state index contributed by atoms with van der Waals surface area (Å²) >= 11 is 3.14. The average Bonchev–Trinajstić information content (AvgIpc) is 2.15. The summed E-state index contributed by atoms with van der Waals surface area (Å²) in [6.45, 7) is 0. The summed E-state index contributed by atoms with van der Waals surface area (Å²) < 4.78 is 37.1. The molecule has 2 nitrogen and oxygen atoms in total. The second-order valence-corrected chi connectivity index (χ2v) is 3.79. The fraction of sp³-hybridized carbons (Fsp3) is 0.444. The highest BCUT2D eigenvalue weighted by Crippen LogP contribution is 2.31. The summed E-state index contributed by atoms with van der Waals surface area (Å²) in [6.07, 6.45) is -3.49. The third kappa shape index (κ3) is 2.84. The van der Waals surface area contributed by atoms with E-state index in [9.17, 15) is 13.2 Å². The Bertz CT molecular complexity index is 350. The van der Waals surface area contributed by atoms with E-state index in [-0.39, 0.29) is 0 Å². The minimum absolute atomic E-state index is 0.345. The predicted molar refractivity (Wildman–Crippen MR) is 56.2 cm³/mol. The molecule has 6 heteroatoms. The zero-order chi connectivity index (χ0) is 11.6. The summed E-state index contributed by atoms with van der Waals surface area (Å²) in [7, 11) is 3.48. The first kappa shape index (κ1) is 12.3. The van der Waals surface area contributed by atoms with Gasteiger partial charge >= 0.3 is 6.18 Å². The molecule has 1 aromatic heterocycles. The van der Waals surface area contributed by atoms with Gasteiger partial charge in [0.1, 0.15) is 5.82 Å². The molecule has 0 amide bonds. The fourth-order valence-electron chi connectivity index (χ4n) is 1.16. The van der Waals surface area contributed by atoms with Crippen LogP contribution in [-0.4, -0.2) is 19.1 Å². The zero-order valence-electron chi connectivity index (χ0n) is 8.27. The van der Waals surface area contributed by atoms with Crippen LogP contribution in [0.2, 0.25) is 0 Å². The molecule has 0 N–H and O–H groups in total. The van der Waals surface area contributed by atoms with Gasteiger partial charge in [0.15, 0.2) is 0 Å². The van der Waals surface area contributed by atoms with Crippen molar-refractivity contribution in [2.24, 2.45) is 0 Å². The molecule has 84 valence electrons. The smallest absolute Gasteiger partial charge is 0.362 e. The highest BCUT2D eigenvalue weighted by atomic mass is 79.9. The lowest BCUT2D eigenvalue weighted by Crippen LogP contribution is -2.15. The zero-order valence-corrected chi connectivity index (χ0v) is 9.85. The number of alkyl halides is 4. The van der Waals surface area contributed by atoms with E-state index in [1.165, 1.54) is 0 Å². The quantitative estimate of drug-likeness (QED) is 0.775. The van der Waals surface area contributed by atoms with Gasteiger partial charge in [-0.1, -0.05) is 15.9 Å². The molecule has 0 aliphatic rings. The Hall–Kier alpha value is -0.780. The highest BCUT2D eigenvalue weighted by molar-refractivity contribution is 9.08. The van der Waals surface area contributed by atoms with E-state index in [2.05, 4.69) is 20.9 Å². The van der Waals surface area contributed by atoms with Crippen molar-refractivity contribution in [2.45, 2.75) is 11.5 Å². The number of anilines is 1. The Kier molecular flexibility index (Phi) is 3.59. The van der Waals surface area contributed by atoms with Crippen LogP contribution in [0.15, 0.2) is 12.3 Å². The molecular weight excluding hydrogens is 273 g/mol. The fourth-order valence-corrected chi connectivity index (χ4v) is 1.57. The van der Waals surface area contributed by atoms with Crippen LogP contribution in [0.1, 0.15) is 11.1 Å². The molecule has 0 aliphatic carbocycles. The number of nitrogens with zero attached hydrogens (tertiary/aromatic N) is 2. The van der Waals surface area contributed by atoms with E-state index in [0.717, 1.165) is 12.3 Å². The number of halogens is 4. The van der Waals surface area contributed by atoms with E-state index in [4.69, 9.17) is 0 Å². The maximum absolute atomic E-state index is 12.4. The first-order valence-corrected chi connectivity index (χ1v) is 5.28. The Balaban J connectivity index is 3.19. The standard InChI is InChI=1S/C9H10BrF3N2/c1-15(2)8-6(4-10)3-7(5-14-8)9(11,12)13/h3,5H,4H2,1-2H3. The molecular formula is C9H10BrF3N2. The lowest BCUT2D eigenvalue weighted by molar-refractivity contribution is -0.137. The summed E-state index contributed by atoms with van der Waals surface area (Å²) in [6, 6.07) is 1.11. The van der Waals surface area contributed by atoms with Crippen LogP contribution < -0.4 is 4.90 Å². The van der Waals surface area contributed by atoms with Crippen LogP contribution in [0, 0.1) is 0 Å². The summed E-state index contributed by atoms with van der Waals surface area (Å²) in [5, 5.41) is 0.345. The van der Waals surface area contributed by atoms with Crippen LogP contribution in [0.4, 0.5) is 19.0 Å². The molecule has 0 spiro atoms. The highest BCUT2D eigenvalue weighted by Gasteiger charge is 2.31. The van der Waals surface area contributed by atoms with Crippen molar-refractivity contribution < 1.29 is 13.2 Å². The predicted octanol–water partition coefficient (Wildman–Crippen LogP) is 3.06. The Morgan fingerprint density at radius 3 is 2.40 bits per heavy atom. The van der Waals surface area contributed by atoms with Crippen LogP contribution in [-0.2, 0) is 11.5 Å². The second kappa shape index (κ2) is 4.38. The molecule has 0 unspecified atom stereocenters. The third-order valence-corrected chi connectivity index (χ3v) is 2.44. The van der Waals surface area contributed by atoms with Crippen LogP contribution >= 0.6 is 15.9 Å². The summed E-state index contributed by atoms with van der Waals surface area (Å²) in [5.74, 6) is 0.542. The lowest BCUT2D eigenvalue weighted by atomic mass is 10.2. The van der Waals surface area contributed by atoms with E-state index >= 15 is 0 Å². The number of rotatable bonds is 2.